The summed E-state index contributed by atoms with van der Waals surface area (Å²) < 4.78 is 1.61. The highest BCUT2D eigenvalue weighted by Crippen LogP contribution is 2.25. The topological polar surface area (TPSA) is 34.9 Å². The van der Waals surface area contributed by atoms with Gasteiger partial charge in [-0.15, -0.1) is 0 Å². The molecule has 17 heavy (non-hydrogen) atoms. The van der Waals surface area contributed by atoms with Crippen LogP contribution in [0.15, 0.2) is 4.79 Å². The number of hydrogen-bond donors (Lipinski definition) is 0. The summed E-state index contributed by atoms with van der Waals surface area (Å²) in [4.78, 5) is 12.4. The lowest BCUT2D eigenvalue weighted by molar-refractivity contribution is 0.484. The van der Waals surface area contributed by atoms with Crippen molar-refractivity contribution in [2.45, 2.75) is 66.3 Å². The third-order valence-corrected chi connectivity index (χ3v) is 3.02. The Kier molecular flexibility index (Phi) is 4.12. The van der Waals surface area contributed by atoms with Crippen LogP contribution in [0, 0.1) is 6.92 Å². The van der Waals surface area contributed by atoms with Crippen LogP contribution in [0.5, 0.6) is 0 Å². The van der Waals surface area contributed by atoms with Crippen molar-refractivity contribution in [3.63, 3.8) is 0 Å². The van der Waals surface area contributed by atoms with Crippen LogP contribution in [0.1, 0.15) is 76.2 Å². The summed E-state index contributed by atoms with van der Waals surface area (Å²) in [6.45, 7) is 14.4. The zero-order chi connectivity index (χ0) is 13.3. The first-order valence-electron chi connectivity index (χ1n) is 6.40. The molecule has 0 amide bonds. The van der Waals surface area contributed by atoms with Crippen LogP contribution in [-0.2, 0) is 0 Å². The maximum Gasteiger partial charge on any atom is 0.270 e. The molecule has 1 aromatic rings. The predicted octanol–water partition coefficient (Wildman–Crippen LogP) is 3.38. The molecule has 96 valence electrons. The largest absolute Gasteiger partial charge is 0.270 e. The summed E-state index contributed by atoms with van der Waals surface area (Å²) in [5.41, 5.74) is 3.12. The molecule has 0 aliphatic rings. The van der Waals surface area contributed by atoms with Gasteiger partial charge in [-0.3, -0.25) is 4.79 Å². The molecule has 3 nitrogen and oxygen atoms in total. The Labute approximate surface area is 104 Å². The monoisotopic (exact) mass is 236 g/mol. The van der Waals surface area contributed by atoms with E-state index < -0.39 is 0 Å². The van der Waals surface area contributed by atoms with Crippen LogP contribution in [0.2, 0.25) is 0 Å². The fourth-order valence-electron chi connectivity index (χ4n) is 2.33. The molecule has 0 aliphatic heterocycles. The minimum absolute atomic E-state index is 0.0734. The molecule has 0 aromatic carbocycles. The Balaban J connectivity index is 3.66. The molecular formula is C14H24N2O. The van der Waals surface area contributed by atoms with Crippen molar-refractivity contribution in [2.24, 2.45) is 0 Å². The van der Waals surface area contributed by atoms with Crippen LogP contribution in [-0.4, -0.2) is 9.78 Å². The zero-order valence-electron chi connectivity index (χ0n) is 12.0. The van der Waals surface area contributed by atoms with E-state index in [0.29, 0.717) is 5.92 Å². The van der Waals surface area contributed by atoms with Gasteiger partial charge >= 0.3 is 0 Å². The number of aromatic nitrogens is 2. The first-order chi connectivity index (χ1) is 7.77. The highest BCUT2D eigenvalue weighted by molar-refractivity contribution is 5.32. The summed E-state index contributed by atoms with van der Waals surface area (Å²) in [6, 6.07) is 0.111. The number of aryl methyl sites for hydroxylation is 1. The van der Waals surface area contributed by atoms with E-state index in [2.05, 4.69) is 32.8 Å². The van der Waals surface area contributed by atoms with Crippen molar-refractivity contribution < 1.29 is 0 Å². The summed E-state index contributed by atoms with van der Waals surface area (Å²) in [6.07, 6.45) is 0. The van der Waals surface area contributed by atoms with Gasteiger partial charge in [0.2, 0.25) is 0 Å². The lowest BCUT2D eigenvalue weighted by Crippen LogP contribution is -2.31. The third kappa shape index (κ3) is 2.59. The molecular weight excluding hydrogens is 212 g/mol. The second kappa shape index (κ2) is 5.03. The molecule has 0 spiro atoms. The highest BCUT2D eigenvalue weighted by atomic mass is 16.1. The quantitative estimate of drug-likeness (QED) is 0.806. The minimum Gasteiger partial charge on any atom is -0.267 e. The van der Waals surface area contributed by atoms with Gasteiger partial charge in [0.05, 0.1) is 11.7 Å². The number of nitrogens with zero attached hydrogens (tertiary/aromatic N) is 2. The molecule has 0 aliphatic carbocycles. The average Bonchev–Trinajstić information content (AvgIpc) is 2.18. The van der Waals surface area contributed by atoms with Crippen LogP contribution in [0.4, 0.5) is 0 Å². The van der Waals surface area contributed by atoms with Crippen LogP contribution in [0.3, 0.4) is 0 Å². The van der Waals surface area contributed by atoms with E-state index in [-0.39, 0.29) is 17.5 Å². The molecule has 0 atom stereocenters. The Bertz CT molecular complexity index is 456. The van der Waals surface area contributed by atoms with Gasteiger partial charge in [0.15, 0.2) is 0 Å². The van der Waals surface area contributed by atoms with Gasteiger partial charge < -0.3 is 0 Å². The molecule has 0 bridgehead atoms. The Morgan fingerprint density at radius 1 is 0.941 bits per heavy atom. The van der Waals surface area contributed by atoms with Crippen LogP contribution < -0.4 is 5.56 Å². The van der Waals surface area contributed by atoms with Gasteiger partial charge in [-0.1, -0.05) is 27.7 Å². The third-order valence-electron chi connectivity index (χ3n) is 3.02. The molecule has 1 aromatic heterocycles. The van der Waals surface area contributed by atoms with Crippen molar-refractivity contribution in [2.75, 3.05) is 0 Å². The Morgan fingerprint density at radius 3 is 1.76 bits per heavy atom. The fourth-order valence-corrected chi connectivity index (χ4v) is 2.33. The van der Waals surface area contributed by atoms with Gasteiger partial charge in [0.25, 0.3) is 5.56 Å². The fraction of sp³-hybridized carbons (Fsp3) is 0.714. The smallest absolute Gasteiger partial charge is 0.267 e. The molecule has 0 radical (unpaired) electrons. The molecule has 0 fully saturated rings. The van der Waals surface area contributed by atoms with Crippen molar-refractivity contribution >= 4 is 0 Å². The van der Waals surface area contributed by atoms with Crippen molar-refractivity contribution in [3.05, 3.63) is 27.2 Å². The maximum absolute atomic E-state index is 12.4. The van der Waals surface area contributed by atoms with E-state index >= 15 is 0 Å². The van der Waals surface area contributed by atoms with E-state index in [9.17, 15) is 4.79 Å². The van der Waals surface area contributed by atoms with Gasteiger partial charge in [-0.05, 0) is 38.2 Å². The van der Waals surface area contributed by atoms with Crippen molar-refractivity contribution in [1.82, 2.24) is 9.78 Å². The van der Waals surface area contributed by atoms with Crippen LogP contribution in [0.25, 0.3) is 0 Å². The van der Waals surface area contributed by atoms with E-state index in [1.165, 1.54) is 0 Å². The molecule has 3 heteroatoms. The molecule has 0 saturated heterocycles. The zero-order valence-corrected chi connectivity index (χ0v) is 12.0. The average molecular weight is 236 g/mol. The second-order valence-corrected chi connectivity index (χ2v) is 5.57. The Morgan fingerprint density at radius 2 is 1.41 bits per heavy atom. The minimum atomic E-state index is 0.0734. The lowest BCUT2D eigenvalue weighted by Gasteiger charge is -2.20. The molecule has 0 unspecified atom stereocenters. The summed E-state index contributed by atoms with van der Waals surface area (Å²) in [5.74, 6) is 0.584. The second-order valence-electron chi connectivity index (χ2n) is 5.57. The molecule has 0 N–H and O–H groups in total. The molecule has 0 saturated carbocycles. The summed E-state index contributed by atoms with van der Waals surface area (Å²) in [7, 11) is 0. The standard InChI is InChI=1S/C14H24N2O/c1-8(2)12-11(7)15-16(10(5)6)14(17)13(12)9(3)4/h8-10H,1-7H3. The van der Waals surface area contributed by atoms with E-state index in [1.54, 1.807) is 4.68 Å². The van der Waals surface area contributed by atoms with Crippen molar-refractivity contribution in [1.29, 1.82) is 0 Å². The highest BCUT2D eigenvalue weighted by Gasteiger charge is 2.20. The SMILES string of the molecule is Cc1nn(C(C)C)c(=O)c(C(C)C)c1C(C)C. The maximum atomic E-state index is 12.4. The lowest BCUT2D eigenvalue weighted by atomic mass is 9.91. The Hall–Kier alpha value is -1.12. The summed E-state index contributed by atoms with van der Waals surface area (Å²) in [5, 5.41) is 4.44. The number of rotatable bonds is 3. The number of hydrogen-bond acceptors (Lipinski definition) is 2. The van der Waals surface area contributed by atoms with Crippen LogP contribution >= 0.6 is 0 Å². The van der Waals surface area contributed by atoms with E-state index in [1.807, 2.05) is 20.8 Å². The predicted molar refractivity (Wildman–Crippen MR) is 71.8 cm³/mol. The van der Waals surface area contributed by atoms with Gasteiger partial charge in [0, 0.05) is 5.56 Å². The van der Waals surface area contributed by atoms with Gasteiger partial charge in [-0.2, -0.15) is 5.10 Å². The molecule has 1 rings (SSSR count). The first kappa shape index (κ1) is 13.9. The summed E-state index contributed by atoms with van der Waals surface area (Å²) >= 11 is 0. The van der Waals surface area contributed by atoms with Gasteiger partial charge in [-0.25, -0.2) is 4.68 Å². The van der Waals surface area contributed by atoms with Crippen molar-refractivity contribution in [3.8, 4) is 0 Å². The van der Waals surface area contributed by atoms with E-state index in [0.717, 1.165) is 16.8 Å². The van der Waals surface area contributed by atoms with E-state index in [4.69, 9.17) is 0 Å². The van der Waals surface area contributed by atoms with Gasteiger partial charge in [0.1, 0.15) is 0 Å². The first-order valence-corrected chi connectivity index (χ1v) is 6.40. The molecule has 1 heterocycles. The normalized spacial score (nSPS) is 11.9.